The van der Waals surface area contributed by atoms with Gasteiger partial charge < -0.3 is 15.4 Å². The van der Waals surface area contributed by atoms with Gasteiger partial charge >= 0.3 is 6.61 Å². The fourth-order valence-electron chi connectivity index (χ4n) is 3.05. The van der Waals surface area contributed by atoms with Crippen LogP contribution in [0.5, 0.6) is 5.75 Å². The number of aliphatic imine (C=N–C) groups is 1. The molecule has 7 nitrogen and oxygen atoms in total. The molecule has 1 atom stereocenters. The molecule has 2 aromatic rings. The number of rotatable bonds is 5. The molecule has 1 aliphatic rings. The Labute approximate surface area is 154 Å². The Morgan fingerprint density at radius 3 is 3.00 bits per heavy atom. The molecule has 0 bridgehead atoms. The minimum absolute atomic E-state index is 0.00315. The number of hydrogen-bond donors (Lipinski definition) is 2. The largest absolute Gasteiger partial charge is 0.434 e. The fraction of sp³-hybridized carbons (Fsp3) is 0.471. The standard InChI is InChI=1S/C17H21F3N6O/c1-10-23-15-13(6-4-8-26(15)25-10)24-17(21-2)22-9-11-12(18)5-3-7-14(11)27-16(19)20/h3,5,7,13,16H,4,6,8-9H2,1-2H3,(H2,21,22,24). The highest BCUT2D eigenvalue weighted by atomic mass is 19.3. The summed E-state index contributed by atoms with van der Waals surface area (Å²) in [6.45, 7) is -0.450. The Morgan fingerprint density at radius 1 is 1.44 bits per heavy atom. The first-order valence-corrected chi connectivity index (χ1v) is 8.58. The third-order valence-electron chi connectivity index (χ3n) is 4.24. The number of nitrogens with one attached hydrogen (secondary N) is 2. The summed E-state index contributed by atoms with van der Waals surface area (Å²) in [5.41, 5.74) is 0.00315. The van der Waals surface area contributed by atoms with Crippen molar-refractivity contribution in [3.05, 3.63) is 41.2 Å². The predicted octanol–water partition coefficient (Wildman–Crippen LogP) is 2.53. The third kappa shape index (κ3) is 4.50. The van der Waals surface area contributed by atoms with Crippen molar-refractivity contribution < 1.29 is 17.9 Å². The first-order chi connectivity index (χ1) is 13.0. The summed E-state index contributed by atoms with van der Waals surface area (Å²) < 4.78 is 45.4. The van der Waals surface area contributed by atoms with E-state index >= 15 is 0 Å². The molecule has 2 heterocycles. The lowest BCUT2D eigenvalue weighted by atomic mass is 10.1. The van der Waals surface area contributed by atoms with E-state index in [-0.39, 0.29) is 23.9 Å². The van der Waals surface area contributed by atoms with Gasteiger partial charge in [0.1, 0.15) is 23.2 Å². The van der Waals surface area contributed by atoms with Crippen molar-refractivity contribution in [1.29, 1.82) is 0 Å². The minimum atomic E-state index is -3.03. The maximum atomic E-state index is 14.1. The maximum Gasteiger partial charge on any atom is 0.387 e. The van der Waals surface area contributed by atoms with E-state index in [1.165, 1.54) is 18.2 Å². The Kier molecular flexibility index (Phi) is 5.82. The lowest BCUT2D eigenvalue weighted by molar-refractivity contribution is -0.0506. The molecule has 1 aliphatic heterocycles. The summed E-state index contributed by atoms with van der Waals surface area (Å²) in [5, 5.41) is 10.5. The molecule has 10 heteroatoms. The lowest BCUT2D eigenvalue weighted by Gasteiger charge is -2.25. The van der Waals surface area contributed by atoms with Crippen LogP contribution in [0.4, 0.5) is 13.2 Å². The Hall–Kier alpha value is -2.78. The van der Waals surface area contributed by atoms with E-state index in [1.54, 1.807) is 7.05 Å². The van der Waals surface area contributed by atoms with Crippen LogP contribution in [0.25, 0.3) is 0 Å². The second-order valence-corrected chi connectivity index (χ2v) is 6.10. The summed E-state index contributed by atoms with van der Waals surface area (Å²) in [5.74, 6) is 1.07. The molecule has 3 rings (SSSR count). The quantitative estimate of drug-likeness (QED) is 0.614. The molecule has 27 heavy (non-hydrogen) atoms. The van der Waals surface area contributed by atoms with Crippen LogP contribution in [0.3, 0.4) is 0 Å². The van der Waals surface area contributed by atoms with Crippen LogP contribution < -0.4 is 15.4 Å². The predicted molar refractivity (Wildman–Crippen MR) is 93.1 cm³/mol. The van der Waals surface area contributed by atoms with Crippen LogP contribution >= 0.6 is 0 Å². The number of halogens is 3. The number of fused-ring (bicyclic) bond motifs is 1. The molecular formula is C17H21F3N6O. The van der Waals surface area contributed by atoms with Gasteiger partial charge in [0.25, 0.3) is 0 Å². The number of aryl methyl sites for hydroxylation is 2. The van der Waals surface area contributed by atoms with Gasteiger partial charge in [-0.15, -0.1) is 0 Å². The van der Waals surface area contributed by atoms with E-state index in [1.807, 2.05) is 11.6 Å². The molecule has 0 fully saturated rings. The summed E-state index contributed by atoms with van der Waals surface area (Å²) in [4.78, 5) is 8.57. The van der Waals surface area contributed by atoms with Crippen LogP contribution in [-0.2, 0) is 13.1 Å². The highest BCUT2D eigenvalue weighted by Crippen LogP contribution is 2.24. The molecule has 1 aromatic carbocycles. The smallest absolute Gasteiger partial charge is 0.387 e. The van der Waals surface area contributed by atoms with Crippen molar-refractivity contribution in [3.63, 3.8) is 0 Å². The van der Waals surface area contributed by atoms with E-state index in [0.29, 0.717) is 11.8 Å². The van der Waals surface area contributed by atoms with Crippen molar-refractivity contribution in [2.24, 2.45) is 4.99 Å². The Bertz CT molecular complexity index is 823. The zero-order chi connectivity index (χ0) is 19.4. The van der Waals surface area contributed by atoms with Crippen LogP contribution in [0.15, 0.2) is 23.2 Å². The van der Waals surface area contributed by atoms with Crippen molar-refractivity contribution in [1.82, 2.24) is 25.4 Å². The number of guanidine groups is 1. The van der Waals surface area contributed by atoms with Gasteiger partial charge in [0.2, 0.25) is 0 Å². The van der Waals surface area contributed by atoms with Crippen LogP contribution in [0.1, 0.15) is 36.1 Å². The van der Waals surface area contributed by atoms with Crippen molar-refractivity contribution in [2.45, 2.75) is 45.5 Å². The molecular weight excluding hydrogens is 361 g/mol. The highest BCUT2D eigenvalue weighted by Gasteiger charge is 2.24. The molecule has 1 aromatic heterocycles. The van der Waals surface area contributed by atoms with Gasteiger partial charge in [-0.3, -0.25) is 4.99 Å². The molecule has 0 saturated heterocycles. The van der Waals surface area contributed by atoms with E-state index in [4.69, 9.17) is 0 Å². The number of hydrogen-bond acceptors (Lipinski definition) is 4. The molecule has 0 spiro atoms. The average molecular weight is 382 g/mol. The van der Waals surface area contributed by atoms with Crippen LogP contribution in [0.2, 0.25) is 0 Å². The zero-order valence-electron chi connectivity index (χ0n) is 15.0. The third-order valence-corrected chi connectivity index (χ3v) is 4.24. The lowest BCUT2D eigenvalue weighted by Crippen LogP contribution is -2.41. The molecule has 2 N–H and O–H groups in total. The average Bonchev–Trinajstić information content (AvgIpc) is 3.00. The summed E-state index contributed by atoms with van der Waals surface area (Å²) >= 11 is 0. The van der Waals surface area contributed by atoms with E-state index < -0.39 is 12.4 Å². The highest BCUT2D eigenvalue weighted by molar-refractivity contribution is 5.80. The van der Waals surface area contributed by atoms with Gasteiger partial charge in [0, 0.05) is 25.7 Å². The maximum absolute atomic E-state index is 14.1. The molecule has 1 unspecified atom stereocenters. The van der Waals surface area contributed by atoms with E-state index in [0.717, 1.165) is 25.2 Å². The topological polar surface area (TPSA) is 76.4 Å². The van der Waals surface area contributed by atoms with Crippen molar-refractivity contribution in [3.8, 4) is 5.75 Å². The summed E-state index contributed by atoms with van der Waals surface area (Å²) in [7, 11) is 1.58. The molecule has 146 valence electrons. The van der Waals surface area contributed by atoms with E-state index in [2.05, 4.69) is 30.4 Å². The number of nitrogens with zero attached hydrogens (tertiary/aromatic N) is 4. The normalized spacial score (nSPS) is 17.0. The second-order valence-electron chi connectivity index (χ2n) is 6.10. The molecule has 0 aliphatic carbocycles. The summed E-state index contributed by atoms with van der Waals surface area (Å²) in [6, 6.07) is 3.72. The Balaban J connectivity index is 1.69. The molecule has 0 radical (unpaired) electrons. The first-order valence-electron chi connectivity index (χ1n) is 8.58. The zero-order valence-corrected chi connectivity index (χ0v) is 15.0. The number of ether oxygens (including phenoxy) is 1. The fourth-order valence-corrected chi connectivity index (χ4v) is 3.05. The van der Waals surface area contributed by atoms with Gasteiger partial charge in [-0.25, -0.2) is 14.1 Å². The van der Waals surface area contributed by atoms with Crippen LogP contribution in [-0.4, -0.2) is 34.4 Å². The van der Waals surface area contributed by atoms with Crippen molar-refractivity contribution in [2.75, 3.05) is 7.05 Å². The Morgan fingerprint density at radius 2 is 2.26 bits per heavy atom. The van der Waals surface area contributed by atoms with Gasteiger partial charge in [0.05, 0.1) is 6.04 Å². The monoisotopic (exact) mass is 382 g/mol. The van der Waals surface area contributed by atoms with E-state index in [9.17, 15) is 13.2 Å². The molecule has 0 amide bonds. The van der Waals surface area contributed by atoms with Crippen molar-refractivity contribution >= 4 is 5.96 Å². The SMILES string of the molecule is CN=C(NCc1c(F)cccc1OC(F)F)NC1CCCn2nc(C)nc21. The van der Waals surface area contributed by atoms with Gasteiger partial charge in [0.15, 0.2) is 5.96 Å². The minimum Gasteiger partial charge on any atom is -0.434 e. The van der Waals surface area contributed by atoms with Gasteiger partial charge in [-0.2, -0.15) is 13.9 Å². The number of alkyl halides is 2. The first kappa shape index (κ1) is 19.0. The number of aromatic nitrogens is 3. The molecule has 0 saturated carbocycles. The van der Waals surface area contributed by atoms with Gasteiger partial charge in [-0.1, -0.05) is 6.07 Å². The van der Waals surface area contributed by atoms with Crippen LogP contribution in [0, 0.1) is 12.7 Å². The second kappa shape index (κ2) is 8.28. The number of benzene rings is 1. The summed E-state index contributed by atoms with van der Waals surface area (Å²) in [6.07, 6.45) is 1.78. The van der Waals surface area contributed by atoms with Gasteiger partial charge in [-0.05, 0) is 31.9 Å².